The lowest BCUT2D eigenvalue weighted by molar-refractivity contribution is 0.0170. The molecule has 9 heteroatoms. The van der Waals surface area contributed by atoms with Gasteiger partial charge in [-0.25, -0.2) is 9.38 Å². The normalized spacial score (nSPS) is 16.3. The van der Waals surface area contributed by atoms with Crippen LogP contribution in [0.1, 0.15) is 34.8 Å². The fourth-order valence-corrected chi connectivity index (χ4v) is 3.32. The third kappa shape index (κ3) is 6.04. The Morgan fingerprint density at radius 2 is 1.93 bits per heavy atom. The number of aliphatic imine (C=N–C) groups is 1. The van der Waals surface area contributed by atoms with Crippen LogP contribution in [0.2, 0.25) is 0 Å². The van der Waals surface area contributed by atoms with Crippen molar-refractivity contribution in [3.63, 3.8) is 0 Å². The van der Waals surface area contributed by atoms with E-state index in [4.69, 9.17) is 14.9 Å². The van der Waals surface area contributed by atoms with Gasteiger partial charge in [-0.3, -0.25) is 9.69 Å². The van der Waals surface area contributed by atoms with Crippen LogP contribution in [-0.2, 0) is 11.3 Å². The number of ether oxygens (including phenoxy) is 1. The minimum Gasteiger partial charge on any atom is -0.454 e. The zero-order valence-electron chi connectivity index (χ0n) is 17.1. The van der Waals surface area contributed by atoms with Crippen LogP contribution in [-0.4, -0.2) is 56.2 Å². The summed E-state index contributed by atoms with van der Waals surface area (Å²) in [6.45, 7) is 6.48. The van der Waals surface area contributed by atoms with Crippen molar-refractivity contribution in [2.75, 3.05) is 39.4 Å². The Hall–Kier alpha value is -2.91. The monoisotopic (exact) mass is 417 g/mol. The van der Waals surface area contributed by atoms with Gasteiger partial charge in [-0.15, -0.1) is 0 Å². The molecular weight excluding hydrogens is 389 g/mol. The number of carbonyl (C=O) groups excluding carboxylic acids is 1. The molecule has 1 aromatic heterocycles. The molecule has 1 aromatic carbocycles. The Morgan fingerprint density at radius 3 is 2.57 bits per heavy atom. The lowest BCUT2D eigenvalue weighted by Crippen LogP contribution is -2.46. The van der Waals surface area contributed by atoms with Gasteiger partial charge in [0.25, 0.3) is 5.91 Å². The number of furan rings is 1. The average Bonchev–Trinajstić information content (AvgIpc) is 3.23. The third-order valence-electron chi connectivity index (χ3n) is 4.85. The highest BCUT2D eigenvalue weighted by Gasteiger charge is 2.23. The highest BCUT2D eigenvalue weighted by atomic mass is 19.1. The molecule has 1 atom stereocenters. The van der Waals surface area contributed by atoms with E-state index in [0.717, 1.165) is 18.7 Å². The van der Waals surface area contributed by atoms with E-state index in [1.54, 1.807) is 6.07 Å². The summed E-state index contributed by atoms with van der Waals surface area (Å²) >= 11 is 0. The maximum Gasteiger partial charge on any atom is 0.284 e. The molecule has 0 aliphatic carbocycles. The summed E-state index contributed by atoms with van der Waals surface area (Å²) in [5, 5.41) is 6.56. The Morgan fingerprint density at radius 1 is 1.20 bits per heavy atom. The van der Waals surface area contributed by atoms with Gasteiger partial charge in [0.05, 0.1) is 19.3 Å². The summed E-state index contributed by atoms with van der Waals surface area (Å²) in [6.07, 6.45) is 0. The van der Waals surface area contributed by atoms with Gasteiger partial charge in [0.1, 0.15) is 18.1 Å². The Bertz CT molecular complexity index is 847. The largest absolute Gasteiger partial charge is 0.454 e. The minimum atomic E-state index is -0.608. The van der Waals surface area contributed by atoms with Crippen molar-refractivity contribution in [1.82, 2.24) is 15.5 Å². The Labute approximate surface area is 175 Å². The van der Waals surface area contributed by atoms with Crippen molar-refractivity contribution in [3.8, 4) is 0 Å². The Kier molecular flexibility index (Phi) is 7.81. The standard InChI is InChI=1S/C21H28FN5O3/c1-2-24-21(25-13-17-7-8-19(30-17)20(23)28)26-14-18(27-9-11-29-12-10-27)15-3-5-16(22)6-4-15/h3-8,18H,2,9-14H2,1H3,(H2,23,28)(H2,24,25,26). The molecule has 1 aliphatic heterocycles. The molecule has 1 aliphatic rings. The minimum absolute atomic E-state index is 0.0448. The predicted molar refractivity (Wildman–Crippen MR) is 112 cm³/mol. The van der Waals surface area contributed by atoms with Crippen LogP contribution in [0.15, 0.2) is 45.8 Å². The molecule has 8 nitrogen and oxygen atoms in total. The maximum absolute atomic E-state index is 13.4. The van der Waals surface area contributed by atoms with Gasteiger partial charge in [0.15, 0.2) is 11.7 Å². The summed E-state index contributed by atoms with van der Waals surface area (Å²) < 4.78 is 24.3. The average molecular weight is 417 g/mol. The van der Waals surface area contributed by atoms with Crippen LogP contribution in [0.4, 0.5) is 4.39 Å². The number of nitrogens with zero attached hydrogens (tertiary/aromatic N) is 2. The second kappa shape index (κ2) is 10.7. The molecule has 30 heavy (non-hydrogen) atoms. The molecule has 4 N–H and O–H groups in total. The number of morpholine rings is 1. The number of benzene rings is 1. The van der Waals surface area contributed by atoms with Crippen LogP contribution < -0.4 is 16.4 Å². The first kappa shape index (κ1) is 21.8. The van der Waals surface area contributed by atoms with Crippen molar-refractivity contribution in [3.05, 3.63) is 59.3 Å². The van der Waals surface area contributed by atoms with Crippen molar-refractivity contribution < 1.29 is 18.3 Å². The number of nitrogens with one attached hydrogen (secondary N) is 2. The first-order valence-corrected chi connectivity index (χ1v) is 10.0. The van der Waals surface area contributed by atoms with Crippen LogP contribution in [0.5, 0.6) is 0 Å². The Balaban J connectivity index is 1.69. The van der Waals surface area contributed by atoms with Crippen molar-refractivity contribution >= 4 is 11.9 Å². The van der Waals surface area contributed by atoms with E-state index in [9.17, 15) is 9.18 Å². The molecule has 1 saturated heterocycles. The summed E-state index contributed by atoms with van der Waals surface area (Å²) in [7, 11) is 0. The van der Waals surface area contributed by atoms with Gasteiger partial charge in [-0.2, -0.15) is 0 Å². The van der Waals surface area contributed by atoms with Gasteiger partial charge in [-0.05, 0) is 36.8 Å². The first-order chi connectivity index (χ1) is 14.6. The molecular formula is C21H28FN5O3. The molecule has 1 amide bonds. The number of halogens is 1. The highest BCUT2D eigenvalue weighted by Crippen LogP contribution is 2.21. The summed E-state index contributed by atoms with van der Waals surface area (Å²) in [5.41, 5.74) is 6.24. The van der Waals surface area contributed by atoms with E-state index in [1.807, 2.05) is 19.1 Å². The number of carbonyl (C=O) groups is 1. The van der Waals surface area contributed by atoms with Gasteiger partial charge in [-0.1, -0.05) is 12.1 Å². The van der Waals surface area contributed by atoms with Gasteiger partial charge >= 0.3 is 0 Å². The van der Waals surface area contributed by atoms with Crippen LogP contribution >= 0.6 is 0 Å². The van der Waals surface area contributed by atoms with E-state index in [1.165, 1.54) is 18.2 Å². The van der Waals surface area contributed by atoms with Gasteiger partial charge < -0.3 is 25.5 Å². The fourth-order valence-electron chi connectivity index (χ4n) is 3.32. The third-order valence-corrected chi connectivity index (χ3v) is 4.85. The number of primary amides is 1. The molecule has 2 aromatic rings. The fraction of sp³-hybridized carbons (Fsp3) is 0.429. The smallest absolute Gasteiger partial charge is 0.284 e. The summed E-state index contributed by atoms with van der Waals surface area (Å²) in [6, 6.07) is 9.86. The molecule has 1 unspecified atom stereocenters. The van der Waals surface area contributed by atoms with Crippen LogP contribution in [0.3, 0.4) is 0 Å². The van der Waals surface area contributed by atoms with Crippen molar-refractivity contribution in [2.45, 2.75) is 19.5 Å². The molecule has 0 bridgehead atoms. The molecule has 3 rings (SSSR count). The second-order valence-corrected chi connectivity index (χ2v) is 6.92. The molecule has 0 saturated carbocycles. The van der Waals surface area contributed by atoms with E-state index < -0.39 is 5.91 Å². The summed E-state index contributed by atoms with van der Waals surface area (Å²) in [5.74, 6) is 0.417. The number of hydrogen-bond acceptors (Lipinski definition) is 5. The highest BCUT2D eigenvalue weighted by molar-refractivity contribution is 5.89. The van der Waals surface area contributed by atoms with Crippen LogP contribution in [0, 0.1) is 5.82 Å². The van der Waals surface area contributed by atoms with Gasteiger partial charge in [0.2, 0.25) is 0 Å². The molecule has 1 fully saturated rings. The number of amides is 1. The maximum atomic E-state index is 13.4. The number of nitrogens with two attached hydrogens (primary N) is 1. The lowest BCUT2D eigenvalue weighted by Gasteiger charge is -2.35. The SMILES string of the molecule is CCNC(=NCc1ccc(C(N)=O)o1)NCC(c1ccc(F)cc1)N1CCOCC1. The summed E-state index contributed by atoms with van der Waals surface area (Å²) in [4.78, 5) is 18.0. The quantitative estimate of drug-likeness (QED) is 0.446. The lowest BCUT2D eigenvalue weighted by atomic mass is 10.0. The first-order valence-electron chi connectivity index (χ1n) is 10.0. The van der Waals surface area contributed by atoms with E-state index in [0.29, 0.717) is 38.0 Å². The van der Waals surface area contributed by atoms with Crippen LogP contribution in [0.25, 0.3) is 0 Å². The molecule has 162 valence electrons. The van der Waals surface area contributed by atoms with Crippen molar-refractivity contribution in [1.29, 1.82) is 0 Å². The number of rotatable bonds is 8. The zero-order chi connectivity index (χ0) is 21.3. The van der Waals surface area contributed by atoms with E-state index >= 15 is 0 Å². The van der Waals surface area contributed by atoms with E-state index in [2.05, 4.69) is 20.5 Å². The molecule has 0 radical (unpaired) electrons. The van der Waals surface area contributed by atoms with Crippen molar-refractivity contribution in [2.24, 2.45) is 10.7 Å². The number of guanidine groups is 1. The molecule has 2 heterocycles. The zero-order valence-corrected chi connectivity index (χ0v) is 17.1. The number of hydrogen-bond donors (Lipinski definition) is 3. The van der Waals surface area contributed by atoms with Gasteiger partial charge in [0, 0.05) is 26.2 Å². The molecule has 0 spiro atoms. The predicted octanol–water partition coefficient (Wildman–Crippen LogP) is 1.65. The second-order valence-electron chi connectivity index (χ2n) is 6.92. The van der Waals surface area contributed by atoms with E-state index in [-0.39, 0.29) is 24.2 Å². The topological polar surface area (TPSA) is 105 Å².